The van der Waals surface area contributed by atoms with Crippen LogP contribution >= 0.6 is 0 Å². The minimum Gasteiger partial charge on any atom is -0.870 e. The Morgan fingerprint density at radius 2 is 1.00 bits per heavy atom. The van der Waals surface area contributed by atoms with E-state index in [2.05, 4.69) is 0 Å². The maximum Gasteiger partial charge on any atom is 3.00 e. The van der Waals surface area contributed by atoms with Gasteiger partial charge in [0.15, 0.2) is 0 Å². The number of hydrogen-bond acceptors (Lipinski definition) is 5. The Hall–Kier alpha value is 1.25. The van der Waals surface area contributed by atoms with E-state index in [1.807, 2.05) is 0 Å². The fraction of sp³-hybridized carbons (Fsp3) is 0. The summed E-state index contributed by atoms with van der Waals surface area (Å²) in [6.07, 6.45) is -2.33. The first-order valence-electron chi connectivity index (χ1n) is 0.612. The monoisotopic (exact) mass is 169 g/mol. The van der Waals surface area contributed by atoms with Gasteiger partial charge in [0.25, 0.3) is 0 Å². The second-order valence-electron chi connectivity index (χ2n) is 0.250. The molecule has 5 nitrogen and oxygen atoms in total. The number of rotatable bonds is 0. The SMILES string of the molecule is O=C([O-])[O-].[Al+3].[Mg+2].[Mg+2].[OH-].[OH-]. The third kappa shape index (κ3) is 309. The van der Waals surface area contributed by atoms with Crippen LogP contribution in [0.4, 0.5) is 4.79 Å². The Morgan fingerprint density at radius 3 is 1.00 bits per heavy atom. The molecule has 0 bridgehead atoms. The van der Waals surface area contributed by atoms with Gasteiger partial charge < -0.3 is 26.0 Å². The molecule has 0 aromatic carbocycles. The van der Waals surface area contributed by atoms with Gasteiger partial charge in [-0.2, -0.15) is 0 Å². The molecule has 0 aliphatic rings. The van der Waals surface area contributed by atoms with Crippen molar-refractivity contribution in [3.8, 4) is 0 Å². The maximum absolute atomic E-state index is 8.33. The van der Waals surface area contributed by atoms with E-state index in [-0.39, 0.29) is 74.4 Å². The zero-order valence-electron chi connectivity index (χ0n) is 4.61. The third-order valence-electron chi connectivity index (χ3n) is 0. The largest absolute Gasteiger partial charge is 3.00 e. The van der Waals surface area contributed by atoms with E-state index in [1.165, 1.54) is 0 Å². The molecule has 40 valence electrons. The van der Waals surface area contributed by atoms with E-state index in [0.717, 1.165) is 0 Å². The minimum absolute atomic E-state index is 0. The van der Waals surface area contributed by atoms with Crippen molar-refractivity contribution < 1.29 is 26.0 Å². The molecule has 0 aliphatic heterocycles. The summed E-state index contributed by atoms with van der Waals surface area (Å²) in [4.78, 5) is 8.33. The van der Waals surface area contributed by atoms with Crippen molar-refractivity contribution in [3.63, 3.8) is 0 Å². The number of hydrogen-bond donors (Lipinski definition) is 0. The Bertz CT molecular complexity index is 37.9. The van der Waals surface area contributed by atoms with Gasteiger partial charge in [0.2, 0.25) is 0 Å². The van der Waals surface area contributed by atoms with Crippen molar-refractivity contribution in [1.82, 2.24) is 0 Å². The molecule has 0 spiro atoms. The van der Waals surface area contributed by atoms with E-state index in [0.29, 0.717) is 0 Å². The van der Waals surface area contributed by atoms with Crippen molar-refractivity contribution in [3.05, 3.63) is 0 Å². The molecule has 0 aromatic heterocycles. The first kappa shape index (κ1) is 48.5. The van der Waals surface area contributed by atoms with Gasteiger partial charge in [-0.15, -0.1) is 0 Å². The molecule has 0 aliphatic carbocycles. The van der Waals surface area contributed by atoms with Crippen molar-refractivity contribution in [1.29, 1.82) is 0 Å². The van der Waals surface area contributed by atoms with Gasteiger partial charge in [-0.1, -0.05) is 0 Å². The predicted octanol–water partition coefficient (Wildman–Crippen LogP) is -3.94. The van der Waals surface area contributed by atoms with Crippen molar-refractivity contribution >= 4 is 69.6 Å². The maximum atomic E-state index is 8.33. The molecular formula is CH2AlMg2O5+3. The van der Waals surface area contributed by atoms with Gasteiger partial charge in [0.1, 0.15) is 0 Å². The number of carboxylic acid groups (broad SMARTS) is 2. The van der Waals surface area contributed by atoms with E-state index in [4.69, 9.17) is 15.0 Å². The van der Waals surface area contributed by atoms with Gasteiger partial charge in [-0.05, 0) is 6.16 Å². The van der Waals surface area contributed by atoms with Crippen LogP contribution in [0.1, 0.15) is 0 Å². The van der Waals surface area contributed by atoms with E-state index < -0.39 is 6.16 Å². The van der Waals surface area contributed by atoms with Crippen LogP contribution in [0.5, 0.6) is 0 Å². The van der Waals surface area contributed by atoms with Gasteiger partial charge >= 0.3 is 63.5 Å². The fourth-order valence-electron chi connectivity index (χ4n) is 0. The Morgan fingerprint density at radius 1 is 1.00 bits per heavy atom. The van der Waals surface area contributed by atoms with Crippen LogP contribution in [0, 0.1) is 0 Å². The van der Waals surface area contributed by atoms with Gasteiger partial charge in [-0.25, -0.2) is 0 Å². The fourth-order valence-corrected chi connectivity index (χ4v) is 0. The van der Waals surface area contributed by atoms with Crippen LogP contribution in [0.3, 0.4) is 0 Å². The van der Waals surface area contributed by atoms with Crippen LogP contribution in [-0.4, -0.2) is 80.6 Å². The van der Waals surface area contributed by atoms with Gasteiger partial charge in [0, 0.05) is 0 Å². The summed E-state index contributed by atoms with van der Waals surface area (Å²) < 4.78 is 0. The molecule has 0 aromatic rings. The first-order chi connectivity index (χ1) is 1.73. The summed E-state index contributed by atoms with van der Waals surface area (Å²) in [5, 5.41) is 16.7. The molecule has 0 amide bonds. The molecular weight excluding hydrogens is 168 g/mol. The Kier molecular flexibility index (Phi) is 188. The Balaban J connectivity index is -0.00000000450. The molecule has 0 rings (SSSR count). The molecule has 0 saturated carbocycles. The molecule has 0 unspecified atom stereocenters. The quantitative estimate of drug-likeness (QED) is 0.343. The van der Waals surface area contributed by atoms with Gasteiger partial charge in [0.05, 0.1) is 0 Å². The average Bonchev–Trinajstić information content (AvgIpc) is 0.811. The smallest absolute Gasteiger partial charge is 0.870 e. The minimum atomic E-state index is -2.33. The van der Waals surface area contributed by atoms with Crippen LogP contribution in [-0.2, 0) is 0 Å². The zero-order chi connectivity index (χ0) is 3.58. The summed E-state index contributed by atoms with van der Waals surface area (Å²) in [6.45, 7) is 0. The first-order valence-corrected chi connectivity index (χ1v) is 0.612. The summed E-state index contributed by atoms with van der Waals surface area (Å²) in [7, 11) is 0. The third-order valence-corrected chi connectivity index (χ3v) is 0. The van der Waals surface area contributed by atoms with E-state index >= 15 is 0 Å². The standard InChI is InChI=1S/CH2O3.Al.2Mg.2H2O/c2-1(3)4;;;;;/h(H2,2,3,4);;;;2*1H2/q;+3;2*+2;;/p-4. The molecule has 0 radical (unpaired) electrons. The summed E-state index contributed by atoms with van der Waals surface area (Å²) >= 11 is 0. The summed E-state index contributed by atoms with van der Waals surface area (Å²) in [6, 6.07) is 0. The zero-order valence-corrected chi connectivity index (χ0v) is 8.59. The number of carbonyl (C=O) groups is 1. The molecule has 0 fully saturated rings. The van der Waals surface area contributed by atoms with Crippen LogP contribution in [0.2, 0.25) is 0 Å². The average molecular weight is 170 g/mol. The molecule has 0 heterocycles. The van der Waals surface area contributed by atoms with E-state index in [9.17, 15) is 0 Å². The Labute approximate surface area is 94.9 Å². The van der Waals surface area contributed by atoms with Crippen LogP contribution in [0.25, 0.3) is 0 Å². The molecule has 2 N–H and O–H groups in total. The van der Waals surface area contributed by atoms with Gasteiger partial charge in [-0.3, -0.25) is 0 Å². The van der Waals surface area contributed by atoms with Crippen molar-refractivity contribution in [2.75, 3.05) is 0 Å². The topological polar surface area (TPSA) is 123 Å². The second kappa shape index (κ2) is 34.8. The van der Waals surface area contributed by atoms with Crippen molar-refractivity contribution in [2.24, 2.45) is 0 Å². The molecule has 0 saturated heterocycles. The van der Waals surface area contributed by atoms with E-state index in [1.54, 1.807) is 0 Å². The molecule has 0 atom stereocenters. The summed E-state index contributed by atoms with van der Waals surface area (Å²) in [5.41, 5.74) is 0. The number of carbonyl (C=O) groups excluding carboxylic acids is 1. The molecule has 8 heteroatoms. The second-order valence-corrected chi connectivity index (χ2v) is 0.250. The molecule has 9 heavy (non-hydrogen) atoms. The van der Waals surface area contributed by atoms with Crippen molar-refractivity contribution in [2.45, 2.75) is 0 Å². The summed E-state index contributed by atoms with van der Waals surface area (Å²) in [5.74, 6) is 0. The van der Waals surface area contributed by atoms with Crippen LogP contribution in [0.15, 0.2) is 0 Å². The normalized spacial score (nSPS) is 2.67. The predicted molar refractivity (Wildman–Crippen MR) is 26.5 cm³/mol. The van der Waals surface area contributed by atoms with Crippen LogP contribution < -0.4 is 10.2 Å².